The van der Waals surface area contributed by atoms with Gasteiger partial charge >= 0.3 is 0 Å². The van der Waals surface area contributed by atoms with Crippen molar-refractivity contribution in [3.63, 3.8) is 0 Å². The summed E-state index contributed by atoms with van der Waals surface area (Å²) in [5, 5.41) is 4.82. The molecule has 0 unspecified atom stereocenters. The highest BCUT2D eigenvalue weighted by Crippen LogP contribution is 2.32. The van der Waals surface area contributed by atoms with Crippen LogP contribution in [-0.4, -0.2) is 4.98 Å². The van der Waals surface area contributed by atoms with E-state index in [0.29, 0.717) is 5.13 Å². The summed E-state index contributed by atoms with van der Waals surface area (Å²) < 4.78 is 0. The summed E-state index contributed by atoms with van der Waals surface area (Å²) in [6, 6.07) is 12.5. The van der Waals surface area contributed by atoms with Crippen molar-refractivity contribution in [3.05, 3.63) is 57.6 Å². The molecular formula is C14H12N2S2. The number of nitrogens with two attached hydrogens (primary N) is 1. The van der Waals surface area contributed by atoms with Crippen molar-refractivity contribution in [2.75, 3.05) is 5.73 Å². The van der Waals surface area contributed by atoms with Gasteiger partial charge < -0.3 is 5.73 Å². The van der Waals surface area contributed by atoms with E-state index >= 15 is 0 Å². The molecule has 0 atom stereocenters. The Kier molecular flexibility index (Phi) is 3.13. The number of rotatable bonds is 3. The lowest BCUT2D eigenvalue weighted by molar-refractivity contribution is 1.22. The van der Waals surface area contributed by atoms with Gasteiger partial charge in [-0.1, -0.05) is 30.3 Å². The van der Waals surface area contributed by atoms with Crippen molar-refractivity contribution >= 4 is 27.8 Å². The highest BCUT2D eigenvalue weighted by atomic mass is 32.1. The Balaban J connectivity index is 1.98. The van der Waals surface area contributed by atoms with E-state index in [2.05, 4.69) is 46.1 Å². The number of nitrogen functional groups attached to an aromatic ring is 1. The normalized spacial score (nSPS) is 10.7. The number of aromatic nitrogens is 1. The molecule has 0 spiro atoms. The summed E-state index contributed by atoms with van der Waals surface area (Å²) in [4.78, 5) is 5.69. The van der Waals surface area contributed by atoms with Crippen LogP contribution < -0.4 is 5.73 Å². The van der Waals surface area contributed by atoms with Gasteiger partial charge in [-0.05, 0) is 17.0 Å². The van der Waals surface area contributed by atoms with Crippen molar-refractivity contribution in [2.45, 2.75) is 6.42 Å². The molecule has 0 aliphatic rings. The predicted molar refractivity (Wildman–Crippen MR) is 79.1 cm³/mol. The van der Waals surface area contributed by atoms with Crippen LogP contribution in [0.5, 0.6) is 0 Å². The summed E-state index contributed by atoms with van der Waals surface area (Å²) in [5.74, 6) is 0. The van der Waals surface area contributed by atoms with Gasteiger partial charge in [-0.25, -0.2) is 4.98 Å². The first-order chi connectivity index (χ1) is 8.83. The molecule has 2 heterocycles. The van der Waals surface area contributed by atoms with E-state index in [1.54, 1.807) is 22.7 Å². The maximum Gasteiger partial charge on any atom is 0.180 e. The average Bonchev–Trinajstić information content (AvgIpc) is 3.00. The Morgan fingerprint density at radius 3 is 2.67 bits per heavy atom. The van der Waals surface area contributed by atoms with Crippen LogP contribution in [0.1, 0.15) is 10.4 Å². The molecule has 2 N–H and O–H groups in total. The maximum atomic E-state index is 5.85. The summed E-state index contributed by atoms with van der Waals surface area (Å²) in [7, 11) is 0. The third kappa shape index (κ3) is 2.30. The quantitative estimate of drug-likeness (QED) is 0.781. The summed E-state index contributed by atoms with van der Waals surface area (Å²) in [5.41, 5.74) is 9.34. The molecule has 0 amide bonds. The van der Waals surface area contributed by atoms with Crippen molar-refractivity contribution in [1.82, 2.24) is 4.98 Å². The molecule has 2 aromatic heterocycles. The Morgan fingerprint density at radius 2 is 1.94 bits per heavy atom. The number of anilines is 1. The van der Waals surface area contributed by atoms with Gasteiger partial charge in [-0.15, -0.1) is 11.3 Å². The van der Waals surface area contributed by atoms with Crippen molar-refractivity contribution in [1.29, 1.82) is 0 Å². The third-order valence-electron chi connectivity index (χ3n) is 2.72. The highest BCUT2D eigenvalue weighted by molar-refractivity contribution is 7.15. The van der Waals surface area contributed by atoms with Gasteiger partial charge in [0.25, 0.3) is 0 Å². The minimum atomic E-state index is 0.641. The molecular weight excluding hydrogens is 260 g/mol. The number of hydrogen-bond donors (Lipinski definition) is 1. The molecule has 0 fully saturated rings. The van der Waals surface area contributed by atoms with Gasteiger partial charge in [-0.2, -0.15) is 11.3 Å². The molecule has 0 radical (unpaired) electrons. The van der Waals surface area contributed by atoms with E-state index in [1.165, 1.54) is 16.0 Å². The molecule has 0 aliphatic carbocycles. The molecule has 0 aliphatic heterocycles. The zero-order valence-corrected chi connectivity index (χ0v) is 11.3. The van der Waals surface area contributed by atoms with Gasteiger partial charge in [0.1, 0.15) is 0 Å². The number of benzene rings is 1. The monoisotopic (exact) mass is 272 g/mol. The lowest BCUT2D eigenvalue weighted by Crippen LogP contribution is -1.87. The smallest absolute Gasteiger partial charge is 0.180 e. The molecule has 2 nitrogen and oxygen atoms in total. The van der Waals surface area contributed by atoms with Gasteiger partial charge in [-0.3, -0.25) is 0 Å². The predicted octanol–water partition coefficient (Wildman–Crippen LogP) is 4.04. The third-order valence-corrected chi connectivity index (χ3v) is 4.28. The molecule has 90 valence electrons. The zero-order valence-electron chi connectivity index (χ0n) is 9.67. The second-order valence-corrected chi connectivity index (χ2v) is 5.89. The minimum Gasteiger partial charge on any atom is -0.375 e. The van der Waals surface area contributed by atoms with Crippen LogP contribution in [0, 0.1) is 0 Å². The summed E-state index contributed by atoms with van der Waals surface area (Å²) >= 11 is 3.26. The fourth-order valence-corrected chi connectivity index (χ4v) is 3.42. The van der Waals surface area contributed by atoms with Gasteiger partial charge in [0.05, 0.1) is 5.69 Å². The van der Waals surface area contributed by atoms with Gasteiger partial charge in [0.15, 0.2) is 5.13 Å². The first kappa shape index (κ1) is 11.4. The van der Waals surface area contributed by atoms with E-state index in [0.717, 1.165) is 12.1 Å². The Bertz CT molecular complexity index is 627. The van der Waals surface area contributed by atoms with Gasteiger partial charge in [0, 0.05) is 22.2 Å². The molecule has 0 bridgehead atoms. The number of hydrogen-bond acceptors (Lipinski definition) is 4. The molecule has 18 heavy (non-hydrogen) atoms. The van der Waals surface area contributed by atoms with Crippen molar-refractivity contribution < 1.29 is 0 Å². The van der Waals surface area contributed by atoms with Crippen molar-refractivity contribution in [3.8, 4) is 11.3 Å². The fraction of sp³-hybridized carbons (Fsp3) is 0.0714. The standard InChI is InChI=1S/C14H12N2S2/c15-14-16-13(11-6-7-17-9-11)12(18-14)8-10-4-2-1-3-5-10/h1-7,9H,8H2,(H2,15,16). The summed E-state index contributed by atoms with van der Waals surface area (Å²) in [6.07, 6.45) is 0.890. The minimum absolute atomic E-state index is 0.641. The topological polar surface area (TPSA) is 38.9 Å². The molecule has 4 heteroatoms. The van der Waals surface area contributed by atoms with Crippen LogP contribution in [0.3, 0.4) is 0 Å². The van der Waals surface area contributed by atoms with E-state index in [4.69, 9.17) is 5.73 Å². The van der Waals surface area contributed by atoms with Crippen molar-refractivity contribution in [2.24, 2.45) is 0 Å². The first-order valence-electron chi connectivity index (χ1n) is 5.64. The van der Waals surface area contributed by atoms with Crippen LogP contribution in [0.25, 0.3) is 11.3 Å². The second kappa shape index (κ2) is 4.92. The lowest BCUT2D eigenvalue weighted by Gasteiger charge is -2.00. The Morgan fingerprint density at radius 1 is 1.11 bits per heavy atom. The first-order valence-corrected chi connectivity index (χ1v) is 7.40. The zero-order chi connectivity index (χ0) is 12.4. The average molecular weight is 272 g/mol. The number of thiazole rings is 1. The summed E-state index contributed by atoms with van der Waals surface area (Å²) in [6.45, 7) is 0. The van der Waals surface area contributed by atoms with Gasteiger partial charge in [0.2, 0.25) is 0 Å². The Labute approximate surface area is 114 Å². The van der Waals surface area contributed by atoms with E-state index in [-0.39, 0.29) is 0 Å². The molecule has 3 aromatic rings. The lowest BCUT2D eigenvalue weighted by atomic mass is 10.1. The van der Waals surface area contributed by atoms with Crippen LogP contribution in [-0.2, 0) is 6.42 Å². The number of thiophene rings is 1. The highest BCUT2D eigenvalue weighted by Gasteiger charge is 2.12. The maximum absolute atomic E-state index is 5.85. The SMILES string of the molecule is Nc1nc(-c2ccsc2)c(Cc2ccccc2)s1. The fourth-order valence-electron chi connectivity index (χ4n) is 1.90. The molecule has 3 rings (SSSR count). The largest absolute Gasteiger partial charge is 0.375 e. The molecule has 1 aromatic carbocycles. The Hall–Kier alpha value is -1.65. The van der Waals surface area contributed by atoms with Crippen LogP contribution >= 0.6 is 22.7 Å². The second-order valence-electron chi connectivity index (χ2n) is 4.00. The molecule has 0 saturated carbocycles. The van der Waals surface area contributed by atoms with E-state index < -0.39 is 0 Å². The number of nitrogens with zero attached hydrogens (tertiary/aromatic N) is 1. The van der Waals surface area contributed by atoms with Crippen LogP contribution in [0.15, 0.2) is 47.2 Å². The molecule has 0 saturated heterocycles. The van der Waals surface area contributed by atoms with E-state index in [1.807, 2.05) is 6.07 Å². The van der Waals surface area contributed by atoms with E-state index in [9.17, 15) is 0 Å². The van der Waals surface area contributed by atoms with Crippen LogP contribution in [0.2, 0.25) is 0 Å². The van der Waals surface area contributed by atoms with Crippen LogP contribution in [0.4, 0.5) is 5.13 Å².